The van der Waals surface area contributed by atoms with E-state index in [2.05, 4.69) is 15.5 Å². The van der Waals surface area contributed by atoms with E-state index >= 15 is 0 Å². The first-order chi connectivity index (χ1) is 16.1. The number of para-hydroxylation sites is 1. The van der Waals surface area contributed by atoms with Crippen molar-refractivity contribution in [2.75, 3.05) is 32.1 Å². The van der Waals surface area contributed by atoms with Crippen molar-refractivity contribution in [2.24, 2.45) is 0 Å². The molecule has 0 aliphatic carbocycles. The predicted octanol–water partition coefficient (Wildman–Crippen LogP) is 4.22. The van der Waals surface area contributed by atoms with Crippen molar-refractivity contribution in [2.45, 2.75) is 25.7 Å². The van der Waals surface area contributed by atoms with Gasteiger partial charge in [-0.15, -0.1) is 10.2 Å². The third kappa shape index (κ3) is 5.31. The number of hydrogen-bond acceptors (Lipinski definition) is 7. The second-order valence-corrected chi connectivity index (χ2v) is 8.63. The molecule has 8 nitrogen and oxygen atoms in total. The summed E-state index contributed by atoms with van der Waals surface area (Å²) in [5.74, 6) is 1.20. The minimum atomic E-state index is -0.288. The minimum absolute atomic E-state index is 0.0191. The van der Waals surface area contributed by atoms with E-state index in [1.165, 1.54) is 11.3 Å². The van der Waals surface area contributed by atoms with Crippen LogP contribution >= 0.6 is 11.3 Å². The van der Waals surface area contributed by atoms with Gasteiger partial charge in [-0.05, 0) is 56.2 Å². The molecule has 172 valence electrons. The smallest absolute Gasteiger partial charge is 0.286 e. The average molecular weight is 467 g/mol. The molecule has 1 fully saturated rings. The molecule has 1 aromatic heterocycles. The number of benzene rings is 2. The fourth-order valence-corrected chi connectivity index (χ4v) is 4.68. The summed E-state index contributed by atoms with van der Waals surface area (Å²) >= 11 is 1.31. The minimum Gasteiger partial charge on any atom is -0.497 e. The molecule has 2 aromatic carbocycles. The second kappa shape index (κ2) is 10.4. The summed E-state index contributed by atoms with van der Waals surface area (Å²) in [4.78, 5) is 27.4. The van der Waals surface area contributed by atoms with Gasteiger partial charge in [0.2, 0.25) is 5.01 Å². The van der Waals surface area contributed by atoms with Crippen LogP contribution in [0.5, 0.6) is 11.5 Å². The van der Waals surface area contributed by atoms with Gasteiger partial charge in [-0.25, -0.2) is 0 Å². The Balaban J connectivity index is 1.35. The van der Waals surface area contributed by atoms with Crippen molar-refractivity contribution in [1.29, 1.82) is 0 Å². The zero-order valence-electron chi connectivity index (χ0n) is 18.6. The van der Waals surface area contributed by atoms with E-state index in [-0.39, 0.29) is 17.7 Å². The van der Waals surface area contributed by atoms with E-state index in [0.29, 0.717) is 41.7 Å². The Morgan fingerprint density at radius 1 is 1.09 bits per heavy atom. The van der Waals surface area contributed by atoms with Gasteiger partial charge in [0.05, 0.1) is 19.3 Å². The van der Waals surface area contributed by atoms with Gasteiger partial charge < -0.3 is 19.7 Å². The molecule has 9 heteroatoms. The van der Waals surface area contributed by atoms with Crippen LogP contribution in [0.25, 0.3) is 0 Å². The van der Waals surface area contributed by atoms with Crippen LogP contribution in [-0.4, -0.2) is 53.7 Å². The first kappa shape index (κ1) is 22.7. The number of amides is 2. The maximum atomic E-state index is 13.0. The van der Waals surface area contributed by atoms with Crippen LogP contribution in [0.2, 0.25) is 0 Å². The largest absolute Gasteiger partial charge is 0.497 e. The highest BCUT2D eigenvalue weighted by Gasteiger charge is 2.28. The van der Waals surface area contributed by atoms with Crippen molar-refractivity contribution < 1.29 is 19.1 Å². The molecule has 0 spiro atoms. The van der Waals surface area contributed by atoms with Crippen LogP contribution in [0.3, 0.4) is 0 Å². The molecule has 0 radical (unpaired) electrons. The van der Waals surface area contributed by atoms with Crippen LogP contribution < -0.4 is 14.8 Å². The molecule has 0 saturated carbocycles. The maximum Gasteiger partial charge on any atom is 0.286 e. The molecular weight excluding hydrogens is 440 g/mol. The number of aromatic nitrogens is 2. The number of carbonyl (C=O) groups is 2. The van der Waals surface area contributed by atoms with Crippen LogP contribution in [-0.2, 0) is 0 Å². The van der Waals surface area contributed by atoms with Crippen molar-refractivity contribution in [3.8, 4) is 11.5 Å². The second-order valence-electron chi connectivity index (χ2n) is 7.62. The Bertz CT molecular complexity index is 1110. The topological polar surface area (TPSA) is 93.7 Å². The number of piperidine rings is 1. The lowest BCUT2D eigenvalue weighted by Gasteiger charge is -2.31. The van der Waals surface area contributed by atoms with Crippen molar-refractivity contribution >= 4 is 28.8 Å². The average Bonchev–Trinajstić information content (AvgIpc) is 3.35. The van der Waals surface area contributed by atoms with Gasteiger partial charge in [-0.1, -0.05) is 23.5 Å². The van der Waals surface area contributed by atoms with Gasteiger partial charge in [0.15, 0.2) is 0 Å². The lowest BCUT2D eigenvalue weighted by atomic mass is 9.97. The molecule has 1 aliphatic rings. The Morgan fingerprint density at radius 3 is 2.52 bits per heavy atom. The molecule has 2 heterocycles. The number of rotatable bonds is 7. The summed E-state index contributed by atoms with van der Waals surface area (Å²) in [6.45, 7) is 3.66. The highest BCUT2D eigenvalue weighted by molar-refractivity contribution is 7.13. The van der Waals surface area contributed by atoms with Gasteiger partial charge in [0, 0.05) is 24.7 Å². The number of hydrogen-bond donors (Lipinski definition) is 1. The molecule has 33 heavy (non-hydrogen) atoms. The van der Waals surface area contributed by atoms with E-state index in [0.717, 1.165) is 23.6 Å². The number of likely N-dealkylation sites (tertiary alicyclic amines) is 1. The number of nitrogens with one attached hydrogen (secondary N) is 1. The summed E-state index contributed by atoms with van der Waals surface area (Å²) in [7, 11) is 1.59. The summed E-state index contributed by atoms with van der Waals surface area (Å²) in [6, 6.07) is 14.4. The van der Waals surface area contributed by atoms with Gasteiger partial charge in [-0.3, -0.25) is 9.59 Å². The Labute approximate surface area is 196 Å². The van der Waals surface area contributed by atoms with Crippen LogP contribution in [0.4, 0.5) is 5.69 Å². The molecule has 1 saturated heterocycles. The van der Waals surface area contributed by atoms with Gasteiger partial charge in [-0.2, -0.15) is 0 Å². The Morgan fingerprint density at radius 2 is 1.82 bits per heavy atom. The van der Waals surface area contributed by atoms with E-state index < -0.39 is 0 Å². The first-order valence-electron chi connectivity index (χ1n) is 10.9. The van der Waals surface area contributed by atoms with E-state index in [1.807, 2.05) is 30.0 Å². The third-order valence-electron chi connectivity index (χ3n) is 5.53. The molecular formula is C24H26N4O4S. The third-order valence-corrected chi connectivity index (χ3v) is 6.62. The lowest BCUT2D eigenvalue weighted by Crippen LogP contribution is -2.38. The highest BCUT2D eigenvalue weighted by Crippen LogP contribution is 2.32. The van der Waals surface area contributed by atoms with Crippen molar-refractivity contribution in [1.82, 2.24) is 15.1 Å². The normalized spacial score (nSPS) is 14.1. The molecule has 4 rings (SSSR count). The van der Waals surface area contributed by atoms with E-state index in [9.17, 15) is 9.59 Å². The van der Waals surface area contributed by atoms with Crippen LogP contribution in [0.1, 0.15) is 50.9 Å². The number of ether oxygens (including phenoxy) is 2. The number of anilines is 1. The van der Waals surface area contributed by atoms with Crippen molar-refractivity contribution in [3.05, 3.63) is 64.1 Å². The van der Waals surface area contributed by atoms with E-state index in [4.69, 9.17) is 9.47 Å². The molecule has 1 N–H and O–H groups in total. The predicted molar refractivity (Wildman–Crippen MR) is 126 cm³/mol. The molecule has 2 amide bonds. The summed E-state index contributed by atoms with van der Waals surface area (Å²) in [5, 5.41) is 12.3. The lowest BCUT2D eigenvalue weighted by molar-refractivity contribution is 0.0708. The maximum absolute atomic E-state index is 13.0. The first-order valence-corrected chi connectivity index (χ1v) is 11.7. The highest BCUT2D eigenvalue weighted by atomic mass is 32.1. The summed E-state index contributed by atoms with van der Waals surface area (Å²) < 4.78 is 10.7. The zero-order chi connectivity index (χ0) is 23.2. The summed E-state index contributed by atoms with van der Waals surface area (Å²) in [5.41, 5.74) is 1.25. The standard InChI is InChI=1S/C24H26N4O4S/c1-3-32-20-7-5-4-6-19(20)24(30)28-14-12-16(13-15-28)22-26-27-23(33-22)21(29)25-17-8-10-18(31-2)11-9-17/h4-11,16H,3,12-15H2,1-2H3,(H,25,29). The van der Waals surface area contributed by atoms with Gasteiger partial charge in [0.1, 0.15) is 16.5 Å². The molecule has 1 aliphatic heterocycles. The molecule has 0 atom stereocenters. The number of carbonyl (C=O) groups excluding carboxylic acids is 2. The zero-order valence-corrected chi connectivity index (χ0v) is 19.4. The fraction of sp³-hybridized carbons (Fsp3) is 0.333. The van der Waals surface area contributed by atoms with E-state index in [1.54, 1.807) is 37.4 Å². The Kier molecular flexibility index (Phi) is 7.19. The molecule has 0 unspecified atom stereocenters. The number of nitrogens with zero attached hydrogens (tertiary/aromatic N) is 3. The van der Waals surface area contributed by atoms with Crippen molar-refractivity contribution in [3.63, 3.8) is 0 Å². The summed E-state index contributed by atoms with van der Waals surface area (Å²) in [6.07, 6.45) is 1.55. The Hall–Kier alpha value is -3.46. The molecule has 3 aromatic rings. The SMILES string of the molecule is CCOc1ccccc1C(=O)N1CCC(c2nnc(C(=O)Nc3ccc(OC)cc3)s2)CC1. The van der Waals surface area contributed by atoms with Gasteiger partial charge >= 0.3 is 0 Å². The van der Waals surface area contributed by atoms with Crippen LogP contribution in [0, 0.1) is 0 Å². The monoisotopic (exact) mass is 466 g/mol. The molecule has 0 bridgehead atoms. The fourth-order valence-electron chi connectivity index (χ4n) is 3.77. The quantitative estimate of drug-likeness (QED) is 0.560. The number of methoxy groups -OCH3 is 1. The van der Waals surface area contributed by atoms with Crippen LogP contribution in [0.15, 0.2) is 48.5 Å². The van der Waals surface area contributed by atoms with Gasteiger partial charge in [0.25, 0.3) is 11.8 Å².